The van der Waals surface area contributed by atoms with Gasteiger partial charge in [-0.2, -0.15) is 0 Å². The molecule has 0 rings (SSSR count). The second-order valence-corrected chi connectivity index (χ2v) is 4.39. The highest BCUT2D eigenvalue weighted by atomic mass is 28.2. The van der Waals surface area contributed by atoms with E-state index in [4.69, 9.17) is 4.80 Å². The zero-order valence-corrected chi connectivity index (χ0v) is 8.28. The lowest BCUT2D eigenvalue weighted by atomic mass is 9.85. The van der Waals surface area contributed by atoms with Gasteiger partial charge in [0.2, 0.25) is 9.76 Å². The van der Waals surface area contributed by atoms with E-state index in [1.807, 2.05) is 0 Å². The van der Waals surface area contributed by atoms with Gasteiger partial charge in [0, 0.05) is 0 Å². The third-order valence-electron chi connectivity index (χ3n) is 1.84. The Kier molecular flexibility index (Phi) is 5.00. The van der Waals surface area contributed by atoms with Gasteiger partial charge >= 0.3 is 0 Å². The van der Waals surface area contributed by atoms with Crippen molar-refractivity contribution < 1.29 is 4.80 Å². The quantitative estimate of drug-likeness (QED) is 0.608. The maximum Gasteiger partial charge on any atom is 0.224 e. The van der Waals surface area contributed by atoms with E-state index in [0.29, 0.717) is 5.41 Å². The zero-order chi connectivity index (χ0) is 8.04. The molecule has 0 aliphatic carbocycles. The van der Waals surface area contributed by atoms with Crippen LogP contribution in [0.3, 0.4) is 0 Å². The molecule has 2 heteroatoms. The topological polar surface area (TPSA) is 20.2 Å². The fourth-order valence-electron chi connectivity index (χ4n) is 1.20. The molecule has 1 nitrogen and oxygen atoms in total. The van der Waals surface area contributed by atoms with Gasteiger partial charge < -0.3 is 4.80 Å². The lowest BCUT2D eigenvalue weighted by Gasteiger charge is -2.22. The SMILES string of the molecule is CCCC(C)(C)CC[Si]O. The normalized spacial score (nSPS) is 12.0. The first kappa shape index (κ1) is 10.2. The van der Waals surface area contributed by atoms with Crippen LogP contribution in [0, 0.1) is 5.41 Å². The first-order valence-electron chi connectivity index (χ1n) is 3.99. The monoisotopic (exact) mass is 158 g/mol. The van der Waals surface area contributed by atoms with E-state index in [0.717, 1.165) is 12.5 Å². The average Bonchev–Trinajstić information content (AvgIpc) is 1.84. The summed E-state index contributed by atoms with van der Waals surface area (Å²) in [7, 11) is 0.136. The van der Waals surface area contributed by atoms with Crippen LogP contribution >= 0.6 is 0 Å². The summed E-state index contributed by atoms with van der Waals surface area (Å²) in [6.07, 6.45) is 3.69. The molecule has 0 aromatic heterocycles. The van der Waals surface area contributed by atoms with Gasteiger partial charge in [0.25, 0.3) is 0 Å². The van der Waals surface area contributed by atoms with Gasteiger partial charge in [-0.15, -0.1) is 0 Å². The Morgan fingerprint density at radius 3 is 2.30 bits per heavy atom. The van der Waals surface area contributed by atoms with E-state index >= 15 is 0 Å². The summed E-state index contributed by atoms with van der Waals surface area (Å²) in [5.74, 6) is 0. The van der Waals surface area contributed by atoms with Gasteiger partial charge in [-0.25, -0.2) is 0 Å². The second-order valence-electron chi connectivity index (χ2n) is 3.57. The van der Waals surface area contributed by atoms with Gasteiger partial charge in [0.1, 0.15) is 0 Å². The molecule has 0 aromatic carbocycles. The summed E-state index contributed by atoms with van der Waals surface area (Å²) in [5, 5.41) is 0. The van der Waals surface area contributed by atoms with Crippen LogP contribution in [0.1, 0.15) is 40.0 Å². The molecular formula is C8H18OSi. The Morgan fingerprint density at radius 1 is 1.30 bits per heavy atom. The summed E-state index contributed by atoms with van der Waals surface area (Å²) in [6, 6.07) is 0.979. The van der Waals surface area contributed by atoms with Crippen LogP contribution in [-0.4, -0.2) is 14.6 Å². The fourth-order valence-corrected chi connectivity index (χ4v) is 1.98. The van der Waals surface area contributed by atoms with Crippen molar-refractivity contribution in [3.05, 3.63) is 0 Å². The molecule has 0 bridgehead atoms. The molecule has 0 saturated heterocycles. The van der Waals surface area contributed by atoms with Crippen LogP contribution in [0.25, 0.3) is 0 Å². The molecule has 0 atom stereocenters. The van der Waals surface area contributed by atoms with Crippen LogP contribution in [-0.2, 0) is 0 Å². The third kappa shape index (κ3) is 5.00. The van der Waals surface area contributed by atoms with Crippen LogP contribution in [0.15, 0.2) is 0 Å². The van der Waals surface area contributed by atoms with E-state index < -0.39 is 0 Å². The number of hydrogen-bond donors (Lipinski definition) is 1. The summed E-state index contributed by atoms with van der Waals surface area (Å²) in [6.45, 7) is 6.76. The van der Waals surface area contributed by atoms with Gasteiger partial charge in [-0.1, -0.05) is 27.2 Å². The molecule has 10 heavy (non-hydrogen) atoms. The number of rotatable bonds is 5. The molecule has 0 aromatic rings. The van der Waals surface area contributed by atoms with Crippen molar-refractivity contribution in [2.45, 2.75) is 46.1 Å². The first-order chi connectivity index (χ1) is 4.62. The first-order valence-corrected chi connectivity index (χ1v) is 5.15. The maximum atomic E-state index is 8.63. The molecule has 0 heterocycles. The van der Waals surface area contributed by atoms with Crippen molar-refractivity contribution in [2.75, 3.05) is 0 Å². The summed E-state index contributed by atoms with van der Waals surface area (Å²) in [4.78, 5) is 8.63. The standard InChI is InChI=1S/C8H18OSi/c1-4-5-8(2,3)6-7-10-9/h9H,4-7H2,1-3H3. The summed E-state index contributed by atoms with van der Waals surface area (Å²) >= 11 is 0. The molecule has 0 saturated carbocycles. The maximum absolute atomic E-state index is 8.63. The van der Waals surface area contributed by atoms with E-state index in [2.05, 4.69) is 20.8 Å². The highest BCUT2D eigenvalue weighted by Crippen LogP contribution is 2.27. The highest BCUT2D eigenvalue weighted by molar-refractivity contribution is 6.25. The summed E-state index contributed by atoms with van der Waals surface area (Å²) < 4.78 is 0. The van der Waals surface area contributed by atoms with Gasteiger partial charge in [-0.3, -0.25) is 0 Å². The Morgan fingerprint density at radius 2 is 1.90 bits per heavy atom. The predicted molar refractivity (Wildman–Crippen MR) is 46.1 cm³/mol. The molecule has 0 aliphatic rings. The van der Waals surface area contributed by atoms with Crippen LogP contribution < -0.4 is 0 Å². The lowest BCUT2D eigenvalue weighted by molar-refractivity contribution is 0.315. The average molecular weight is 158 g/mol. The van der Waals surface area contributed by atoms with Crippen molar-refractivity contribution >= 4 is 9.76 Å². The van der Waals surface area contributed by atoms with Crippen molar-refractivity contribution in [3.63, 3.8) is 0 Å². The predicted octanol–water partition coefficient (Wildman–Crippen LogP) is 2.23. The largest absolute Gasteiger partial charge is 0.432 e. The van der Waals surface area contributed by atoms with E-state index in [9.17, 15) is 0 Å². The third-order valence-corrected chi connectivity index (χ3v) is 2.31. The van der Waals surface area contributed by atoms with Crippen LogP contribution in [0.5, 0.6) is 0 Å². The smallest absolute Gasteiger partial charge is 0.224 e. The fraction of sp³-hybridized carbons (Fsp3) is 1.00. The minimum Gasteiger partial charge on any atom is -0.432 e. The van der Waals surface area contributed by atoms with E-state index in [-0.39, 0.29) is 9.76 Å². The second kappa shape index (κ2) is 4.91. The highest BCUT2D eigenvalue weighted by Gasteiger charge is 2.15. The van der Waals surface area contributed by atoms with E-state index in [1.165, 1.54) is 12.8 Å². The molecule has 1 N–H and O–H groups in total. The Labute approximate surface area is 66.8 Å². The minimum absolute atomic E-state index is 0.136. The number of hydrogen-bond acceptors (Lipinski definition) is 1. The Bertz CT molecular complexity index is 81.3. The minimum atomic E-state index is 0.136. The molecule has 0 spiro atoms. The molecule has 0 amide bonds. The Hall–Kier alpha value is 0.177. The van der Waals surface area contributed by atoms with Crippen molar-refractivity contribution in [3.8, 4) is 0 Å². The van der Waals surface area contributed by atoms with Gasteiger partial charge in [-0.05, 0) is 24.3 Å². The molecule has 60 valence electrons. The van der Waals surface area contributed by atoms with Crippen LogP contribution in [0.2, 0.25) is 6.04 Å². The lowest BCUT2D eigenvalue weighted by Crippen LogP contribution is -2.11. The molecular weight excluding hydrogens is 140 g/mol. The molecule has 0 aliphatic heterocycles. The van der Waals surface area contributed by atoms with Gasteiger partial charge in [0.15, 0.2) is 0 Å². The summed E-state index contributed by atoms with van der Waals surface area (Å²) in [5.41, 5.74) is 0.449. The van der Waals surface area contributed by atoms with E-state index in [1.54, 1.807) is 0 Å². The van der Waals surface area contributed by atoms with Crippen LogP contribution in [0.4, 0.5) is 0 Å². The molecule has 0 fully saturated rings. The molecule has 0 unspecified atom stereocenters. The van der Waals surface area contributed by atoms with Gasteiger partial charge in [0.05, 0.1) is 0 Å². The van der Waals surface area contributed by atoms with Crippen molar-refractivity contribution in [1.82, 2.24) is 0 Å². The zero-order valence-electron chi connectivity index (χ0n) is 7.28. The van der Waals surface area contributed by atoms with Crippen molar-refractivity contribution in [1.29, 1.82) is 0 Å². The van der Waals surface area contributed by atoms with Crippen molar-refractivity contribution in [2.24, 2.45) is 5.41 Å². The Balaban J connectivity index is 3.42. The molecule has 2 radical (unpaired) electrons.